The second kappa shape index (κ2) is 12.5. The average Bonchev–Trinajstić information content (AvgIpc) is 3.01. The van der Waals surface area contributed by atoms with Crippen LogP contribution in [0.4, 0.5) is 47.7 Å². The maximum atomic E-state index is 13.8. The molecular weight excluding hydrogens is 565 g/mol. The number of aromatic nitrogens is 2. The number of para-hydroxylation sites is 1. The van der Waals surface area contributed by atoms with Gasteiger partial charge < -0.3 is 31.9 Å². The van der Waals surface area contributed by atoms with Gasteiger partial charge in [-0.3, -0.25) is 14.4 Å². The van der Waals surface area contributed by atoms with E-state index in [1.165, 1.54) is 19.2 Å². The van der Waals surface area contributed by atoms with Crippen molar-refractivity contribution in [2.75, 3.05) is 41.4 Å². The fraction of sp³-hybridized carbons (Fsp3) is 0.276. The summed E-state index contributed by atoms with van der Waals surface area (Å²) in [5.74, 6) is -1.10. The summed E-state index contributed by atoms with van der Waals surface area (Å²) in [5.41, 5.74) is -0.0447. The summed E-state index contributed by atoms with van der Waals surface area (Å²) in [7, 11) is 1.42. The Bertz CT molecular complexity index is 1680. The van der Waals surface area contributed by atoms with E-state index in [9.17, 15) is 27.6 Å². The van der Waals surface area contributed by atoms with Gasteiger partial charge in [-0.15, -0.1) is 0 Å². The van der Waals surface area contributed by atoms with E-state index in [1.807, 2.05) is 0 Å². The van der Waals surface area contributed by atoms with Crippen LogP contribution in [-0.4, -0.2) is 42.1 Å². The summed E-state index contributed by atoms with van der Waals surface area (Å²) in [6.45, 7) is 1.92. The fourth-order valence-corrected chi connectivity index (χ4v) is 4.70. The SMILES string of the molecule is CNC(=O)c1ccccc1Nc1nc(Nc2ccc(CNc3c(NC4CCCNC4)c(=O)c3=O)cc2)ncc1C(F)(F)F. The molecule has 4 aromatic rings. The van der Waals surface area contributed by atoms with Crippen LogP contribution in [0.3, 0.4) is 0 Å². The molecule has 0 spiro atoms. The van der Waals surface area contributed by atoms with Crippen LogP contribution in [0, 0.1) is 0 Å². The zero-order chi connectivity index (χ0) is 30.6. The summed E-state index contributed by atoms with van der Waals surface area (Å²) in [6, 6.07) is 13.1. The number of nitrogens with zero attached hydrogens (tertiary/aromatic N) is 2. The van der Waals surface area contributed by atoms with Crippen LogP contribution in [0.15, 0.2) is 64.3 Å². The lowest BCUT2D eigenvalue weighted by molar-refractivity contribution is -0.137. The van der Waals surface area contributed by atoms with Crippen LogP contribution in [0.2, 0.25) is 0 Å². The lowest BCUT2D eigenvalue weighted by atomic mass is 10.1. The molecule has 2 heterocycles. The van der Waals surface area contributed by atoms with Crippen LogP contribution in [0.1, 0.15) is 34.3 Å². The molecule has 11 nitrogen and oxygen atoms in total. The third kappa shape index (κ3) is 6.75. The van der Waals surface area contributed by atoms with Crippen molar-refractivity contribution in [3.63, 3.8) is 0 Å². The molecule has 14 heteroatoms. The molecule has 1 unspecified atom stereocenters. The normalized spacial score (nSPS) is 15.1. The molecule has 3 aromatic carbocycles. The van der Waals surface area contributed by atoms with E-state index in [4.69, 9.17) is 0 Å². The largest absolute Gasteiger partial charge is 0.421 e. The second-order valence-electron chi connectivity index (χ2n) is 9.97. The van der Waals surface area contributed by atoms with E-state index in [0.29, 0.717) is 17.6 Å². The standard InChI is InChI=1S/C29H29F3N8O3/c1-33-27(43)19-6-2-3-7-21(19)39-26-20(29(30,31)32)15-36-28(40-26)38-17-10-8-16(9-11-17)13-35-22-23(25(42)24(22)41)37-18-5-4-12-34-14-18/h2-3,6-11,15,18,34-35,37H,4-5,12-14H2,1H3,(H,33,43)(H2,36,38,39,40). The van der Waals surface area contributed by atoms with E-state index >= 15 is 0 Å². The number of amides is 1. The summed E-state index contributed by atoms with van der Waals surface area (Å²) in [5, 5.41) is 17.4. The molecule has 0 bridgehead atoms. The van der Waals surface area contributed by atoms with Gasteiger partial charge in [0.25, 0.3) is 16.8 Å². The van der Waals surface area contributed by atoms with Gasteiger partial charge in [0, 0.05) is 38.1 Å². The maximum Gasteiger partial charge on any atom is 0.421 e. The van der Waals surface area contributed by atoms with Crippen molar-refractivity contribution in [3.05, 3.63) is 91.9 Å². The maximum absolute atomic E-state index is 13.8. The van der Waals surface area contributed by atoms with Crippen molar-refractivity contribution in [1.29, 1.82) is 0 Å². The lowest BCUT2D eigenvalue weighted by Gasteiger charge is -2.26. The van der Waals surface area contributed by atoms with E-state index in [2.05, 4.69) is 41.9 Å². The number of hydrogen-bond donors (Lipinski definition) is 6. The molecule has 1 fully saturated rings. The number of benzene rings is 2. The number of anilines is 6. The minimum Gasteiger partial charge on any atom is -0.376 e. The molecule has 0 aliphatic carbocycles. The number of piperidine rings is 1. The molecule has 0 saturated carbocycles. The summed E-state index contributed by atoms with van der Waals surface area (Å²) < 4.78 is 41.3. The molecule has 1 saturated heterocycles. The minimum atomic E-state index is -4.75. The van der Waals surface area contributed by atoms with Crippen LogP contribution in [0.25, 0.3) is 0 Å². The van der Waals surface area contributed by atoms with Gasteiger partial charge in [0.2, 0.25) is 5.95 Å². The van der Waals surface area contributed by atoms with Gasteiger partial charge in [-0.25, -0.2) is 4.98 Å². The third-order valence-corrected chi connectivity index (χ3v) is 6.98. The number of carbonyl (C=O) groups excluding carboxylic acids is 1. The molecule has 224 valence electrons. The van der Waals surface area contributed by atoms with Crippen molar-refractivity contribution in [2.24, 2.45) is 0 Å². The predicted octanol–water partition coefficient (Wildman–Crippen LogP) is 3.71. The Morgan fingerprint density at radius 2 is 1.77 bits per heavy atom. The number of carbonyl (C=O) groups is 1. The Morgan fingerprint density at radius 3 is 2.47 bits per heavy atom. The van der Waals surface area contributed by atoms with Crippen LogP contribution in [0.5, 0.6) is 0 Å². The molecule has 1 amide bonds. The number of halogens is 3. The fourth-order valence-electron chi connectivity index (χ4n) is 4.70. The molecule has 1 atom stereocenters. The topological polar surface area (TPSA) is 149 Å². The van der Waals surface area contributed by atoms with E-state index in [-0.39, 0.29) is 35.5 Å². The van der Waals surface area contributed by atoms with Gasteiger partial charge in [0.1, 0.15) is 22.8 Å². The molecule has 1 aliphatic rings. The Hall–Kier alpha value is -4.98. The number of alkyl halides is 3. The highest BCUT2D eigenvalue weighted by Gasteiger charge is 2.35. The van der Waals surface area contributed by atoms with E-state index < -0.39 is 34.3 Å². The Morgan fingerprint density at radius 1 is 1.02 bits per heavy atom. The first kappa shape index (κ1) is 29.5. The highest BCUT2D eigenvalue weighted by atomic mass is 19.4. The molecule has 5 rings (SSSR count). The first-order chi connectivity index (χ1) is 20.6. The lowest BCUT2D eigenvalue weighted by Crippen LogP contribution is -2.44. The number of hydrogen-bond acceptors (Lipinski definition) is 10. The van der Waals surface area contributed by atoms with Gasteiger partial charge >= 0.3 is 6.18 Å². The van der Waals surface area contributed by atoms with Crippen molar-refractivity contribution in [1.82, 2.24) is 20.6 Å². The predicted molar refractivity (Wildman–Crippen MR) is 158 cm³/mol. The third-order valence-electron chi connectivity index (χ3n) is 6.98. The van der Waals surface area contributed by atoms with Gasteiger partial charge in [-0.1, -0.05) is 24.3 Å². The quantitative estimate of drug-likeness (QED) is 0.150. The zero-order valence-corrected chi connectivity index (χ0v) is 23.1. The smallest absolute Gasteiger partial charge is 0.376 e. The van der Waals surface area contributed by atoms with Crippen molar-refractivity contribution < 1.29 is 18.0 Å². The minimum absolute atomic E-state index is 0.0803. The monoisotopic (exact) mass is 594 g/mol. The molecule has 1 aromatic heterocycles. The van der Waals surface area contributed by atoms with Crippen LogP contribution >= 0.6 is 0 Å². The highest BCUT2D eigenvalue weighted by molar-refractivity contribution is 6.00. The van der Waals surface area contributed by atoms with Crippen molar-refractivity contribution >= 4 is 40.4 Å². The van der Waals surface area contributed by atoms with Gasteiger partial charge in [-0.05, 0) is 49.2 Å². The zero-order valence-electron chi connectivity index (χ0n) is 23.1. The Balaban J connectivity index is 1.28. The van der Waals surface area contributed by atoms with Gasteiger partial charge in [0.05, 0.1) is 11.3 Å². The summed E-state index contributed by atoms with van der Waals surface area (Å²) >= 11 is 0. The van der Waals surface area contributed by atoms with Crippen LogP contribution in [-0.2, 0) is 12.7 Å². The molecule has 1 aliphatic heterocycles. The highest BCUT2D eigenvalue weighted by Crippen LogP contribution is 2.36. The van der Waals surface area contributed by atoms with Crippen molar-refractivity contribution in [3.8, 4) is 0 Å². The molecular formula is C29H29F3N8O3. The van der Waals surface area contributed by atoms with E-state index in [1.54, 1.807) is 36.4 Å². The molecule has 6 N–H and O–H groups in total. The van der Waals surface area contributed by atoms with Gasteiger partial charge in [-0.2, -0.15) is 18.2 Å². The number of nitrogens with one attached hydrogen (secondary N) is 6. The molecule has 43 heavy (non-hydrogen) atoms. The Labute approximate surface area is 244 Å². The first-order valence-electron chi connectivity index (χ1n) is 13.6. The summed E-state index contributed by atoms with van der Waals surface area (Å²) in [6.07, 6.45) is -2.19. The average molecular weight is 595 g/mol. The van der Waals surface area contributed by atoms with Gasteiger partial charge in [0.15, 0.2) is 0 Å². The first-order valence-corrected chi connectivity index (χ1v) is 13.6. The molecule has 0 radical (unpaired) electrons. The summed E-state index contributed by atoms with van der Waals surface area (Å²) in [4.78, 5) is 44.3. The Kier molecular flexibility index (Phi) is 8.57. The second-order valence-corrected chi connectivity index (χ2v) is 9.97. The number of rotatable bonds is 10. The van der Waals surface area contributed by atoms with Crippen molar-refractivity contribution in [2.45, 2.75) is 31.6 Å². The van der Waals surface area contributed by atoms with E-state index in [0.717, 1.165) is 31.5 Å². The van der Waals surface area contributed by atoms with Crippen LogP contribution < -0.4 is 42.8 Å².